The third kappa shape index (κ3) is 2.86. The van der Waals surface area contributed by atoms with Crippen molar-refractivity contribution in [3.05, 3.63) is 88.4 Å². The number of pyridine rings is 1. The quantitative estimate of drug-likeness (QED) is 0.603. The smallest absolute Gasteiger partial charge is 0.267 e. The average molecular weight is 349 g/mol. The fourth-order valence-electron chi connectivity index (χ4n) is 2.63. The maximum atomic E-state index is 13.1. The van der Waals surface area contributed by atoms with Crippen LogP contribution in [0.4, 0.5) is 11.6 Å². The van der Waals surface area contributed by atoms with E-state index >= 15 is 0 Å². The Bertz CT molecular complexity index is 1090. The molecule has 0 fully saturated rings. The Morgan fingerprint density at radius 2 is 1.80 bits per heavy atom. The molecule has 0 unspecified atom stereocenters. The molecular formula is C19H13ClN4O. The Balaban J connectivity index is 2.01. The van der Waals surface area contributed by atoms with Crippen LogP contribution in [0.1, 0.15) is 0 Å². The number of nitrogens with zero attached hydrogens (tertiary/aromatic N) is 3. The van der Waals surface area contributed by atoms with E-state index in [1.807, 2.05) is 36.4 Å². The monoisotopic (exact) mass is 348 g/mol. The van der Waals surface area contributed by atoms with Gasteiger partial charge in [0.2, 0.25) is 5.95 Å². The molecule has 122 valence electrons. The molecule has 5 nitrogen and oxygen atoms in total. The van der Waals surface area contributed by atoms with E-state index in [2.05, 4.69) is 15.3 Å². The maximum absolute atomic E-state index is 13.1. The summed E-state index contributed by atoms with van der Waals surface area (Å²) >= 11 is 6.25. The van der Waals surface area contributed by atoms with E-state index < -0.39 is 0 Å². The van der Waals surface area contributed by atoms with Crippen LogP contribution in [0.15, 0.2) is 77.9 Å². The van der Waals surface area contributed by atoms with Crippen molar-refractivity contribution in [3.8, 4) is 5.69 Å². The van der Waals surface area contributed by atoms with Gasteiger partial charge in [0.05, 0.1) is 27.8 Å². The second-order valence-corrected chi connectivity index (χ2v) is 5.82. The first-order valence-electron chi connectivity index (χ1n) is 7.68. The first-order chi connectivity index (χ1) is 12.2. The predicted molar refractivity (Wildman–Crippen MR) is 99.9 cm³/mol. The summed E-state index contributed by atoms with van der Waals surface area (Å²) < 4.78 is 1.50. The number of anilines is 2. The fraction of sp³-hybridized carbons (Fsp3) is 0. The second kappa shape index (κ2) is 6.37. The highest BCUT2D eigenvalue weighted by Gasteiger charge is 2.14. The molecule has 0 atom stereocenters. The number of benzene rings is 2. The lowest BCUT2D eigenvalue weighted by molar-refractivity contribution is 0.964. The van der Waals surface area contributed by atoms with Crippen LogP contribution in [0.3, 0.4) is 0 Å². The third-order valence-electron chi connectivity index (χ3n) is 3.78. The van der Waals surface area contributed by atoms with Crippen LogP contribution in [0.5, 0.6) is 0 Å². The number of aromatic nitrogens is 3. The number of hydrogen-bond acceptors (Lipinski definition) is 4. The van der Waals surface area contributed by atoms with E-state index in [-0.39, 0.29) is 5.56 Å². The van der Waals surface area contributed by atoms with Gasteiger partial charge in [0.15, 0.2) is 0 Å². The Kier molecular flexibility index (Phi) is 3.91. The van der Waals surface area contributed by atoms with Crippen molar-refractivity contribution in [1.82, 2.24) is 14.5 Å². The van der Waals surface area contributed by atoms with Crippen molar-refractivity contribution in [3.63, 3.8) is 0 Å². The largest absolute Gasteiger partial charge is 0.325 e. The normalized spacial score (nSPS) is 10.8. The third-order valence-corrected chi connectivity index (χ3v) is 4.09. The van der Waals surface area contributed by atoms with Gasteiger partial charge in [-0.15, -0.1) is 0 Å². The molecule has 2 aromatic heterocycles. The first kappa shape index (κ1) is 15.4. The van der Waals surface area contributed by atoms with Gasteiger partial charge in [0.1, 0.15) is 0 Å². The van der Waals surface area contributed by atoms with Gasteiger partial charge in [-0.05, 0) is 36.4 Å². The second-order valence-electron chi connectivity index (χ2n) is 5.41. The number of halogens is 1. The number of fused-ring (bicyclic) bond motifs is 1. The topological polar surface area (TPSA) is 59.8 Å². The molecule has 4 aromatic rings. The van der Waals surface area contributed by atoms with Gasteiger partial charge in [-0.1, -0.05) is 35.9 Å². The van der Waals surface area contributed by atoms with E-state index in [0.717, 1.165) is 5.69 Å². The minimum Gasteiger partial charge on any atom is -0.325 e. The standard InChI is InChI=1S/C19H13ClN4O/c20-16-10-4-9-15-17(16)23-19(22-13-6-2-1-3-7-13)24(18(15)25)14-8-5-11-21-12-14/h1-12H,(H,22,23). The summed E-state index contributed by atoms with van der Waals surface area (Å²) in [4.78, 5) is 21.8. The Hall–Kier alpha value is -3.18. The van der Waals surface area contributed by atoms with Crippen molar-refractivity contribution in [2.45, 2.75) is 0 Å². The van der Waals surface area contributed by atoms with E-state index in [4.69, 9.17) is 11.6 Å². The molecule has 0 radical (unpaired) electrons. The summed E-state index contributed by atoms with van der Waals surface area (Å²) in [6.07, 6.45) is 3.28. The predicted octanol–water partition coefficient (Wildman–Crippen LogP) is 4.18. The Morgan fingerprint density at radius 3 is 2.56 bits per heavy atom. The van der Waals surface area contributed by atoms with Crippen LogP contribution in [0.25, 0.3) is 16.6 Å². The molecule has 0 aliphatic carbocycles. The zero-order valence-electron chi connectivity index (χ0n) is 13.1. The number of rotatable bonds is 3. The molecule has 0 saturated carbocycles. The van der Waals surface area contributed by atoms with E-state index in [0.29, 0.717) is 27.6 Å². The molecule has 0 aliphatic heterocycles. The molecule has 6 heteroatoms. The zero-order valence-corrected chi connectivity index (χ0v) is 13.8. The summed E-state index contributed by atoms with van der Waals surface area (Å²) in [5.74, 6) is 0.379. The Morgan fingerprint density at radius 1 is 0.960 bits per heavy atom. The summed E-state index contributed by atoms with van der Waals surface area (Å²) in [5.41, 5.74) is 1.70. The lowest BCUT2D eigenvalue weighted by Gasteiger charge is -2.15. The van der Waals surface area contributed by atoms with Gasteiger partial charge in [-0.2, -0.15) is 0 Å². The summed E-state index contributed by atoms with van der Waals surface area (Å²) in [7, 11) is 0. The number of para-hydroxylation sites is 2. The lowest BCUT2D eigenvalue weighted by Crippen LogP contribution is -2.23. The lowest BCUT2D eigenvalue weighted by atomic mass is 10.2. The highest BCUT2D eigenvalue weighted by molar-refractivity contribution is 6.35. The zero-order chi connectivity index (χ0) is 17.2. The molecule has 0 spiro atoms. The van der Waals surface area contributed by atoms with Gasteiger partial charge in [-0.25, -0.2) is 9.55 Å². The molecule has 0 aliphatic rings. The van der Waals surface area contributed by atoms with Gasteiger partial charge in [-0.3, -0.25) is 9.78 Å². The van der Waals surface area contributed by atoms with Crippen LogP contribution < -0.4 is 10.9 Å². The highest BCUT2D eigenvalue weighted by atomic mass is 35.5. The molecule has 0 amide bonds. The minimum absolute atomic E-state index is 0.209. The molecular weight excluding hydrogens is 336 g/mol. The van der Waals surface area contributed by atoms with E-state index in [1.54, 1.807) is 36.7 Å². The van der Waals surface area contributed by atoms with Crippen LogP contribution in [0, 0.1) is 0 Å². The van der Waals surface area contributed by atoms with E-state index in [1.165, 1.54) is 4.57 Å². The molecule has 0 saturated heterocycles. The molecule has 0 bridgehead atoms. The fourth-order valence-corrected chi connectivity index (χ4v) is 2.85. The summed E-state index contributed by atoms with van der Waals surface area (Å²) in [5, 5.41) is 4.08. The van der Waals surface area contributed by atoms with Crippen LogP contribution in [-0.4, -0.2) is 14.5 Å². The van der Waals surface area contributed by atoms with Gasteiger partial charge < -0.3 is 5.32 Å². The van der Waals surface area contributed by atoms with Crippen LogP contribution in [-0.2, 0) is 0 Å². The SMILES string of the molecule is O=c1c2cccc(Cl)c2nc(Nc2ccccc2)n1-c1cccnc1. The van der Waals surface area contributed by atoms with Crippen LogP contribution in [0.2, 0.25) is 5.02 Å². The Labute approximate surface area is 148 Å². The van der Waals surface area contributed by atoms with Crippen molar-refractivity contribution in [2.75, 3.05) is 5.32 Å². The number of hydrogen-bond donors (Lipinski definition) is 1. The van der Waals surface area contributed by atoms with Gasteiger partial charge >= 0.3 is 0 Å². The maximum Gasteiger partial charge on any atom is 0.267 e. The average Bonchev–Trinajstić information content (AvgIpc) is 2.64. The van der Waals surface area contributed by atoms with Crippen molar-refractivity contribution >= 4 is 34.1 Å². The van der Waals surface area contributed by atoms with Crippen LogP contribution >= 0.6 is 11.6 Å². The molecule has 2 aromatic carbocycles. The molecule has 4 rings (SSSR count). The first-order valence-corrected chi connectivity index (χ1v) is 8.05. The summed E-state index contributed by atoms with van der Waals surface area (Å²) in [6.45, 7) is 0. The van der Waals surface area contributed by atoms with Crippen molar-refractivity contribution < 1.29 is 0 Å². The number of nitrogens with one attached hydrogen (secondary N) is 1. The molecule has 2 heterocycles. The van der Waals surface area contributed by atoms with Gasteiger partial charge in [0, 0.05) is 11.9 Å². The van der Waals surface area contributed by atoms with E-state index in [9.17, 15) is 4.79 Å². The van der Waals surface area contributed by atoms with Crippen molar-refractivity contribution in [1.29, 1.82) is 0 Å². The minimum atomic E-state index is -0.209. The van der Waals surface area contributed by atoms with Crippen molar-refractivity contribution in [2.24, 2.45) is 0 Å². The van der Waals surface area contributed by atoms with Gasteiger partial charge in [0.25, 0.3) is 5.56 Å². The summed E-state index contributed by atoms with van der Waals surface area (Å²) in [6, 6.07) is 18.3. The molecule has 1 N–H and O–H groups in total. The molecule has 25 heavy (non-hydrogen) atoms. The highest BCUT2D eigenvalue weighted by Crippen LogP contribution is 2.24.